The van der Waals surface area contributed by atoms with Gasteiger partial charge in [0.05, 0.1) is 12.7 Å². The molecule has 4 aliphatic rings. The van der Waals surface area contributed by atoms with E-state index in [2.05, 4.69) is 58.1 Å². The second-order valence-electron chi connectivity index (χ2n) is 13.9. The number of rotatable bonds is 5. The Bertz CT molecular complexity index is 915. The smallest absolute Gasteiger partial charge is 0.222 e. The third kappa shape index (κ3) is 4.01. The predicted molar refractivity (Wildman–Crippen MR) is 142 cm³/mol. The SMILES string of the molecule is CC(C)C(=O)N[C@H]1CCC2C=C3C(=O)C[C@]4(C)[C@@H](C(C)N(C)C)[C@H](O)C[C@@]4(C)C3CCC2[C@]1(C)CO. The van der Waals surface area contributed by atoms with Gasteiger partial charge in [-0.1, -0.05) is 40.7 Å². The van der Waals surface area contributed by atoms with Gasteiger partial charge in [-0.2, -0.15) is 0 Å². The number of hydrogen-bond acceptors (Lipinski definition) is 5. The zero-order chi connectivity index (χ0) is 26.8. The topological polar surface area (TPSA) is 89.9 Å². The molecule has 6 nitrogen and oxygen atoms in total. The van der Waals surface area contributed by atoms with Gasteiger partial charge in [0.2, 0.25) is 5.91 Å². The predicted octanol–water partition coefficient (Wildman–Crippen LogP) is 3.80. The molecule has 0 aromatic rings. The van der Waals surface area contributed by atoms with E-state index in [1.54, 1.807) is 0 Å². The number of allylic oxidation sites excluding steroid dienone is 2. The van der Waals surface area contributed by atoms with Crippen LogP contribution in [0.5, 0.6) is 0 Å². The van der Waals surface area contributed by atoms with Gasteiger partial charge < -0.3 is 20.4 Å². The van der Waals surface area contributed by atoms with Crippen LogP contribution in [0.25, 0.3) is 0 Å². The molecular weight excluding hydrogens is 452 g/mol. The zero-order valence-electron chi connectivity index (χ0n) is 23.8. The van der Waals surface area contributed by atoms with Crippen LogP contribution in [0, 0.1) is 45.8 Å². The summed E-state index contributed by atoms with van der Waals surface area (Å²) in [4.78, 5) is 28.6. The van der Waals surface area contributed by atoms with Crippen molar-refractivity contribution >= 4 is 11.7 Å². The van der Waals surface area contributed by atoms with Crippen LogP contribution in [-0.2, 0) is 9.59 Å². The number of aliphatic hydroxyl groups is 2. The maximum atomic E-state index is 13.8. The molecule has 0 aromatic heterocycles. The van der Waals surface area contributed by atoms with Gasteiger partial charge in [0.1, 0.15) is 0 Å². The Morgan fingerprint density at radius 2 is 1.78 bits per heavy atom. The zero-order valence-corrected chi connectivity index (χ0v) is 23.8. The van der Waals surface area contributed by atoms with E-state index < -0.39 is 11.5 Å². The van der Waals surface area contributed by atoms with E-state index >= 15 is 0 Å². The van der Waals surface area contributed by atoms with Crippen LogP contribution in [0.3, 0.4) is 0 Å². The molecular formula is C30H50N2O4. The van der Waals surface area contributed by atoms with Gasteiger partial charge in [0, 0.05) is 35.8 Å². The lowest BCUT2D eigenvalue weighted by Gasteiger charge is -2.54. The maximum absolute atomic E-state index is 13.8. The lowest BCUT2D eigenvalue weighted by Crippen LogP contribution is -2.56. The van der Waals surface area contributed by atoms with Gasteiger partial charge in [-0.3, -0.25) is 9.59 Å². The minimum Gasteiger partial charge on any atom is -0.396 e. The molecule has 0 spiro atoms. The third-order valence-electron chi connectivity index (χ3n) is 11.7. The van der Waals surface area contributed by atoms with Crippen LogP contribution in [0.4, 0.5) is 0 Å². The second kappa shape index (κ2) is 9.50. The monoisotopic (exact) mass is 502 g/mol. The summed E-state index contributed by atoms with van der Waals surface area (Å²) in [5, 5.41) is 25.3. The second-order valence-corrected chi connectivity index (χ2v) is 13.9. The first-order valence-electron chi connectivity index (χ1n) is 14.2. The fourth-order valence-electron chi connectivity index (χ4n) is 9.05. The van der Waals surface area contributed by atoms with E-state index in [4.69, 9.17) is 0 Å². The minimum absolute atomic E-state index is 0.0229. The summed E-state index contributed by atoms with van der Waals surface area (Å²) in [6, 6.07) is 0.119. The molecule has 0 saturated heterocycles. The number of carbonyl (C=O) groups is 2. The molecule has 4 aliphatic carbocycles. The van der Waals surface area contributed by atoms with Gasteiger partial charge in [-0.25, -0.2) is 0 Å². The fourth-order valence-corrected chi connectivity index (χ4v) is 9.05. The van der Waals surface area contributed by atoms with Gasteiger partial charge in [-0.15, -0.1) is 0 Å². The van der Waals surface area contributed by atoms with E-state index in [1.807, 2.05) is 13.8 Å². The Hall–Kier alpha value is -1.24. The number of amides is 1. The Morgan fingerprint density at radius 1 is 1.11 bits per heavy atom. The number of fused-ring (bicyclic) bond motifs is 4. The first kappa shape index (κ1) is 27.8. The first-order chi connectivity index (χ1) is 16.7. The van der Waals surface area contributed by atoms with Crippen LogP contribution in [-0.4, -0.2) is 65.7 Å². The van der Waals surface area contributed by atoms with Crippen LogP contribution in [0.1, 0.15) is 80.1 Å². The molecule has 6 heteroatoms. The highest BCUT2D eigenvalue weighted by molar-refractivity contribution is 5.98. The van der Waals surface area contributed by atoms with Crippen molar-refractivity contribution < 1.29 is 19.8 Å². The van der Waals surface area contributed by atoms with Crippen molar-refractivity contribution in [3.8, 4) is 0 Å². The van der Waals surface area contributed by atoms with Crippen LogP contribution < -0.4 is 5.32 Å². The highest BCUT2D eigenvalue weighted by atomic mass is 16.3. The lowest BCUT2D eigenvalue weighted by atomic mass is 9.50. The maximum Gasteiger partial charge on any atom is 0.222 e. The summed E-state index contributed by atoms with van der Waals surface area (Å²) in [7, 11) is 4.12. The number of nitrogens with zero attached hydrogens (tertiary/aromatic N) is 1. The quantitative estimate of drug-likeness (QED) is 0.532. The summed E-state index contributed by atoms with van der Waals surface area (Å²) in [6.45, 7) is 12.7. The molecule has 0 heterocycles. The normalized spacial score (nSPS) is 45.4. The molecule has 1 amide bonds. The number of aliphatic hydroxyl groups excluding tert-OH is 2. The number of Topliss-reactive ketones (excluding diaryl/α,β-unsaturated/α-hetero) is 1. The molecule has 36 heavy (non-hydrogen) atoms. The molecule has 0 aliphatic heterocycles. The van der Waals surface area contributed by atoms with E-state index in [1.165, 1.54) is 0 Å². The molecule has 3 saturated carbocycles. The van der Waals surface area contributed by atoms with Crippen molar-refractivity contribution in [1.29, 1.82) is 0 Å². The summed E-state index contributed by atoms with van der Waals surface area (Å²) >= 11 is 0. The molecule has 204 valence electrons. The Morgan fingerprint density at radius 3 is 2.36 bits per heavy atom. The number of carbonyl (C=O) groups excluding carboxylic acids is 2. The highest BCUT2D eigenvalue weighted by Gasteiger charge is 2.67. The van der Waals surface area contributed by atoms with Crippen molar-refractivity contribution in [3.05, 3.63) is 11.6 Å². The molecule has 4 rings (SSSR count). The Balaban J connectivity index is 1.69. The van der Waals surface area contributed by atoms with Crippen molar-refractivity contribution in [3.63, 3.8) is 0 Å². The fraction of sp³-hybridized carbons (Fsp3) is 0.867. The average Bonchev–Trinajstić information content (AvgIpc) is 2.92. The number of ketones is 1. The number of hydrogen-bond donors (Lipinski definition) is 3. The summed E-state index contributed by atoms with van der Waals surface area (Å²) in [6.07, 6.45) is 6.62. The minimum atomic E-state index is -0.428. The third-order valence-corrected chi connectivity index (χ3v) is 11.7. The molecule has 10 atom stereocenters. The van der Waals surface area contributed by atoms with Crippen LogP contribution >= 0.6 is 0 Å². The highest BCUT2D eigenvalue weighted by Crippen LogP contribution is 2.68. The van der Waals surface area contributed by atoms with Crippen molar-refractivity contribution in [2.24, 2.45) is 45.8 Å². The lowest BCUT2D eigenvalue weighted by molar-refractivity contribution is -0.130. The van der Waals surface area contributed by atoms with Gasteiger partial charge in [0.25, 0.3) is 0 Å². The molecule has 0 radical (unpaired) electrons. The van der Waals surface area contributed by atoms with Crippen molar-refractivity contribution in [2.45, 2.75) is 98.3 Å². The van der Waals surface area contributed by atoms with E-state index in [0.717, 1.165) is 37.7 Å². The summed E-state index contributed by atoms with van der Waals surface area (Å²) in [5.74, 6) is 0.810. The van der Waals surface area contributed by atoms with E-state index in [-0.39, 0.29) is 70.8 Å². The van der Waals surface area contributed by atoms with E-state index in [0.29, 0.717) is 6.42 Å². The first-order valence-corrected chi connectivity index (χ1v) is 14.2. The van der Waals surface area contributed by atoms with Crippen LogP contribution in [0.15, 0.2) is 11.6 Å². The van der Waals surface area contributed by atoms with E-state index in [9.17, 15) is 19.8 Å². The largest absolute Gasteiger partial charge is 0.396 e. The molecule has 3 N–H and O–H groups in total. The number of nitrogens with one attached hydrogen (secondary N) is 1. The summed E-state index contributed by atoms with van der Waals surface area (Å²) < 4.78 is 0. The van der Waals surface area contributed by atoms with Crippen molar-refractivity contribution in [1.82, 2.24) is 10.2 Å². The Labute approximate surface area is 218 Å². The summed E-state index contributed by atoms with van der Waals surface area (Å²) in [5.41, 5.74) is 0.134. The van der Waals surface area contributed by atoms with Gasteiger partial charge in [-0.05, 0) is 87.3 Å². The Kier molecular flexibility index (Phi) is 7.33. The van der Waals surface area contributed by atoms with Crippen LogP contribution in [0.2, 0.25) is 0 Å². The van der Waals surface area contributed by atoms with Crippen molar-refractivity contribution in [2.75, 3.05) is 20.7 Å². The van der Waals surface area contributed by atoms with Gasteiger partial charge >= 0.3 is 0 Å². The molecule has 3 fully saturated rings. The standard InChI is InChI=1S/C30H50N2O4/c1-17(2)27(36)31-25-12-9-19-13-20-22(11-10-21(19)28(25,4)16-33)29(5)15-24(35)26(18(3)32(7)8)30(29,6)14-23(20)34/h13,17-19,21-22,24-26,33,35H,9-12,14-16H2,1-8H3,(H,31,36)/t18?,19?,21?,22?,24-,25+,26+,28+,29+,30-/m1/s1. The average molecular weight is 503 g/mol. The van der Waals surface area contributed by atoms with Gasteiger partial charge in [0.15, 0.2) is 5.78 Å². The molecule has 0 aromatic carbocycles. The molecule has 0 bridgehead atoms. The molecule has 4 unspecified atom stereocenters.